The molecular formula is C16H24N6O3. The summed E-state index contributed by atoms with van der Waals surface area (Å²) in [7, 11) is 1.78. The van der Waals surface area contributed by atoms with Crippen molar-refractivity contribution < 1.29 is 14.7 Å². The van der Waals surface area contributed by atoms with Gasteiger partial charge in [-0.3, -0.25) is 19.4 Å². The number of carboxylic acids is 1. The van der Waals surface area contributed by atoms with Gasteiger partial charge < -0.3 is 14.9 Å². The van der Waals surface area contributed by atoms with Crippen molar-refractivity contribution in [1.82, 2.24) is 24.7 Å². The van der Waals surface area contributed by atoms with Gasteiger partial charge in [0.2, 0.25) is 11.9 Å². The minimum absolute atomic E-state index is 0.00348. The monoisotopic (exact) mass is 348 g/mol. The Balaban J connectivity index is 1.49. The van der Waals surface area contributed by atoms with Crippen LogP contribution in [0.1, 0.15) is 0 Å². The lowest BCUT2D eigenvalue weighted by atomic mass is 10.1. The molecule has 1 N–H and O–H groups in total. The number of hydrogen-bond acceptors (Lipinski definition) is 7. The van der Waals surface area contributed by atoms with E-state index in [-0.39, 0.29) is 12.5 Å². The van der Waals surface area contributed by atoms with E-state index in [1.165, 1.54) is 0 Å². The fraction of sp³-hybridized carbons (Fsp3) is 0.625. The molecule has 1 atom stereocenters. The maximum Gasteiger partial charge on any atom is 0.322 e. The second-order valence-electron chi connectivity index (χ2n) is 6.49. The highest BCUT2D eigenvalue weighted by atomic mass is 16.4. The molecule has 0 aromatic carbocycles. The van der Waals surface area contributed by atoms with E-state index in [1.54, 1.807) is 35.3 Å². The van der Waals surface area contributed by atoms with Crippen LogP contribution in [0.2, 0.25) is 0 Å². The number of carbonyl (C=O) groups excluding carboxylic acids is 1. The van der Waals surface area contributed by atoms with E-state index in [2.05, 4.69) is 19.8 Å². The first-order valence-corrected chi connectivity index (χ1v) is 8.50. The van der Waals surface area contributed by atoms with Crippen molar-refractivity contribution in [2.45, 2.75) is 6.04 Å². The van der Waals surface area contributed by atoms with Crippen LogP contribution in [0.15, 0.2) is 18.5 Å². The molecule has 2 aliphatic rings. The molecule has 2 fully saturated rings. The summed E-state index contributed by atoms with van der Waals surface area (Å²) in [6, 6.07) is 1.17. The Labute approximate surface area is 146 Å². The maximum absolute atomic E-state index is 12.5. The first-order chi connectivity index (χ1) is 12.0. The van der Waals surface area contributed by atoms with E-state index in [9.17, 15) is 14.7 Å². The standard InChI is InChI=1S/C16H24N6O3/c1-19-5-8-22(11-13(19)15(24)25)14(23)12-20-6-9-21(10-7-20)16-17-3-2-4-18-16/h2-4,13H,5-12H2,1H3,(H,24,25)/t13-/m1/s1. The van der Waals surface area contributed by atoms with Crippen LogP contribution in [0.25, 0.3) is 0 Å². The number of amides is 1. The summed E-state index contributed by atoms with van der Waals surface area (Å²) in [6.45, 7) is 4.83. The highest BCUT2D eigenvalue weighted by molar-refractivity contribution is 5.80. The molecule has 9 nitrogen and oxygen atoms in total. The number of aromatic nitrogens is 2. The summed E-state index contributed by atoms with van der Waals surface area (Å²) in [5.74, 6) is -0.155. The van der Waals surface area contributed by atoms with Gasteiger partial charge in [-0.2, -0.15) is 0 Å². The van der Waals surface area contributed by atoms with E-state index < -0.39 is 12.0 Å². The van der Waals surface area contributed by atoms with Crippen molar-refractivity contribution in [2.75, 3.05) is 64.3 Å². The highest BCUT2D eigenvalue weighted by Gasteiger charge is 2.32. The zero-order valence-electron chi connectivity index (χ0n) is 14.4. The third-order valence-electron chi connectivity index (χ3n) is 4.85. The number of nitrogens with zero attached hydrogens (tertiary/aromatic N) is 6. The zero-order valence-corrected chi connectivity index (χ0v) is 14.4. The number of rotatable bonds is 4. The van der Waals surface area contributed by atoms with Crippen LogP contribution >= 0.6 is 0 Å². The van der Waals surface area contributed by atoms with Crippen LogP contribution in [0.5, 0.6) is 0 Å². The van der Waals surface area contributed by atoms with Gasteiger partial charge in [0.25, 0.3) is 0 Å². The second kappa shape index (κ2) is 7.75. The van der Waals surface area contributed by atoms with Crippen molar-refractivity contribution >= 4 is 17.8 Å². The first-order valence-electron chi connectivity index (χ1n) is 8.50. The summed E-state index contributed by atoms with van der Waals surface area (Å²) in [6.07, 6.45) is 3.45. The SMILES string of the molecule is CN1CCN(C(=O)CN2CCN(c3ncccn3)CC2)C[C@@H]1C(=O)O. The fourth-order valence-corrected chi connectivity index (χ4v) is 3.22. The molecule has 0 saturated carbocycles. The van der Waals surface area contributed by atoms with Gasteiger partial charge in [-0.15, -0.1) is 0 Å². The van der Waals surface area contributed by atoms with Gasteiger partial charge in [0.15, 0.2) is 0 Å². The number of likely N-dealkylation sites (N-methyl/N-ethyl adjacent to an activating group) is 1. The molecule has 2 aliphatic heterocycles. The number of carboxylic acid groups (broad SMARTS) is 1. The lowest BCUT2D eigenvalue weighted by molar-refractivity contribution is -0.148. The molecule has 0 bridgehead atoms. The Morgan fingerprint density at radius 2 is 1.80 bits per heavy atom. The van der Waals surface area contributed by atoms with Crippen LogP contribution in [0.4, 0.5) is 5.95 Å². The molecule has 1 aromatic rings. The van der Waals surface area contributed by atoms with E-state index in [1.807, 2.05) is 0 Å². The maximum atomic E-state index is 12.5. The average molecular weight is 348 g/mol. The summed E-state index contributed by atoms with van der Waals surface area (Å²) >= 11 is 0. The van der Waals surface area contributed by atoms with Gasteiger partial charge in [0.1, 0.15) is 6.04 Å². The van der Waals surface area contributed by atoms with Gasteiger partial charge in [-0.05, 0) is 13.1 Å². The topological polar surface area (TPSA) is 93.1 Å². The summed E-state index contributed by atoms with van der Waals surface area (Å²) in [5.41, 5.74) is 0. The van der Waals surface area contributed by atoms with Crippen molar-refractivity contribution in [2.24, 2.45) is 0 Å². The molecule has 1 amide bonds. The third kappa shape index (κ3) is 4.23. The summed E-state index contributed by atoms with van der Waals surface area (Å²) < 4.78 is 0. The molecule has 9 heteroatoms. The van der Waals surface area contributed by atoms with Crippen LogP contribution in [-0.2, 0) is 9.59 Å². The number of hydrogen-bond donors (Lipinski definition) is 1. The third-order valence-corrected chi connectivity index (χ3v) is 4.85. The zero-order chi connectivity index (χ0) is 17.8. The van der Waals surface area contributed by atoms with Gasteiger partial charge in [-0.1, -0.05) is 0 Å². The molecule has 25 heavy (non-hydrogen) atoms. The molecule has 0 radical (unpaired) electrons. The Morgan fingerprint density at radius 3 is 2.44 bits per heavy atom. The fourth-order valence-electron chi connectivity index (χ4n) is 3.22. The number of anilines is 1. The molecule has 3 heterocycles. The van der Waals surface area contributed by atoms with Crippen LogP contribution < -0.4 is 4.90 Å². The van der Waals surface area contributed by atoms with Crippen LogP contribution in [0, 0.1) is 0 Å². The van der Waals surface area contributed by atoms with Crippen molar-refractivity contribution in [1.29, 1.82) is 0 Å². The number of piperazine rings is 2. The highest BCUT2D eigenvalue weighted by Crippen LogP contribution is 2.12. The molecule has 1 aromatic heterocycles. The predicted octanol–water partition coefficient (Wildman–Crippen LogP) is -1.17. The average Bonchev–Trinajstić information content (AvgIpc) is 2.63. The molecule has 136 valence electrons. The quantitative estimate of drug-likeness (QED) is 0.727. The summed E-state index contributed by atoms with van der Waals surface area (Å²) in [4.78, 5) is 40.0. The van der Waals surface area contributed by atoms with Gasteiger partial charge in [-0.25, -0.2) is 9.97 Å². The lowest BCUT2D eigenvalue weighted by Gasteiger charge is -2.39. The predicted molar refractivity (Wildman–Crippen MR) is 91.3 cm³/mol. The van der Waals surface area contributed by atoms with Gasteiger partial charge >= 0.3 is 5.97 Å². The van der Waals surface area contributed by atoms with E-state index in [4.69, 9.17) is 0 Å². The normalized spacial score (nSPS) is 22.8. The van der Waals surface area contributed by atoms with E-state index >= 15 is 0 Å². The van der Waals surface area contributed by atoms with Gasteiger partial charge in [0.05, 0.1) is 6.54 Å². The molecular weight excluding hydrogens is 324 g/mol. The Kier molecular flexibility index (Phi) is 5.44. The largest absolute Gasteiger partial charge is 0.480 e. The van der Waals surface area contributed by atoms with E-state index in [0.29, 0.717) is 19.6 Å². The van der Waals surface area contributed by atoms with Crippen molar-refractivity contribution in [3.8, 4) is 0 Å². The van der Waals surface area contributed by atoms with Gasteiger partial charge in [0, 0.05) is 58.2 Å². The number of aliphatic carboxylic acids is 1. The lowest BCUT2D eigenvalue weighted by Crippen LogP contribution is -2.58. The Hall–Kier alpha value is -2.26. The molecule has 0 spiro atoms. The minimum Gasteiger partial charge on any atom is -0.480 e. The first kappa shape index (κ1) is 17.6. The smallest absolute Gasteiger partial charge is 0.322 e. The molecule has 3 rings (SSSR count). The molecule has 2 saturated heterocycles. The second-order valence-corrected chi connectivity index (χ2v) is 6.49. The van der Waals surface area contributed by atoms with Crippen molar-refractivity contribution in [3.63, 3.8) is 0 Å². The van der Waals surface area contributed by atoms with Crippen LogP contribution in [-0.4, -0.2) is 107 Å². The molecule has 0 aliphatic carbocycles. The van der Waals surface area contributed by atoms with E-state index in [0.717, 1.165) is 32.1 Å². The number of carbonyl (C=O) groups is 2. The molecule has 0 unspecified atom stereocenters. The van der Waals surface area contributed by atoms with Crippen LogP contribution in [0.3, 0.4) is 0 Å². The van der Waals surface area contributed by atoms with Crippen molar-refractivity contribution in [3.05, 3.63) is 18.5 Å². The Bertz CT molecular complexity index is 605. The minimum atomic E-state index is -0.878. The summed E-state index contributed by atoms with van der Waals surface area (Å²) in [5, 5.41) is 9.26. The Morgan fingerprint density at radius 1 is 1.12 bits per heavy atom.